The van der Waals surface area contributed by atoms with Gasteiger partial charge in [-0.1, -0.05) is 58.0 Å². The lowest BCUT2D eigenvalue weighted by Gasteiger charge is -2.29. The maximum atomic E-state index is 12.7. The van der Waals surface area contributed by atoms with E-state index in [0.717, 1.165) is 5.69 Å². The van der Waals surface area contributed by atoms with Crippen molar-refractivity contribution in [3.8, 4) is 0 Å². The lowest BCUT2D eigenvalue weighted by molar-refractivity contribution is -0.143. The third-order valence-corrected chi connectivity index (χ3v) is 5.20. The molecule has 2 aromatic rings. The Labute approximate surface area is 152 Å². The summed E-state index contributed by atoms with van der Waals surface area (Å²) < 4.78 is 0. The number of nitrogens with one attached hydrogen (secondary N) is 1. The van der Waals surface area contributed by atoms with Crippen LogP contribution in [0.4, 0.5) is 0 Å². The van der Waals surface area contributed by atoms with Gasteiger partial charge in [0.15, 0.2) is 0 Å². The highest BCUT2D eigenvalue weighted by Gasteiger charge is 2.39. The highest BCUT2D eigenvalue weighted by molar-refractivity contribution is 7.11. The maximum absolute atomic E-state index is 12.7. The maximum Gasteiger partial charge on any atom is 0.315 e. The number of aliphatic carboxylic acids is 1. The first-order chi connectivity index (χ1) is 11.7. The number of carbonyl (C=O) groups excluding carboxylic acids is 1. The second-order valence-corrected chi connectivity index (χ2v) is 7.92. The molecule has 0 bridgehead atoms. The number of carboxylic acid groups (broad SMARTS) is 1. The first-order valence-electron chi connectivity index (χ1n) is 8.23. The van der Waals surface area contributed by atoms with Gasteiger partial charge in [0.1, 0.15) is 10.3 Å². The Morgan fingerprint density at radius 3 is 2.36 bits per heavy atom. The lowest BCUT2D eigenvalue weighted by Crippen LogP contribution is -2.46. The molecule has 1 aromatic heterocycles. The van der Waals surface area contributed by atoms with E-state index < -0.39 is 11.4 Å². The third-order valence-electron chi connectivity index (χ3n) is 4.37. The van der Waals surface area contributed by atoms with Gasteiger partial charge in [0.2, 0.25) is 0 Å². The van der Waals surface area contributed by atoms with E-state index in [9.17, 15) is 14.7 Å². The highest BCUT2D eigenvalue weighted by atomic mass is 32.1. The number of hydrogen-bond acceptors (Lipinski definition) is 4. The molecule has 1 amide bonds. The van der Waals surface area contributed by atoms with Gasteiger partial charge >= 0.3 is 5.97 Å². The van der Waals surface area contributed by atoms with Crippen LogP contribution in [0.15, 0.2) is 35.8 Å². The minimum Gasteiger partial charge on any atom is -0.481 e. The molecule has 5 nitrogen and oxygen atoms in total. The van der Waals surface area contributed by atoms with Crippen LogP contribution in [0.25, 0.3) is 0 Å². The van der Waals surface area contributed by atoms with E-state index in [0.29, 0.717) is 16.9 Å². The number of carbonyl (C=O) groups is 2. The Bertz CT molecular complexity index is 750. The molecule has 0 spiro atoms. The summed E-state index contributed by atoms with van der Waals surface area (Å²) in [5.41, 5.74) is 1.67. The van der Waals surface area contributed by atoms with Crippen LogP contribution in [-0.4, -0.2) is 28.5 Å². The predicted molar refractivity (Wildman–Crippen MR) is 99.2 cm³/mol. The summed E-state index contributed by atoms with van der Waals surface area (Å²) in [7, 11) is 0. The molecule has 1 atom stereocenters. The van der Waals surface area contributed by atoms with Crippen molar-refractivity contribution in [1.29, 1.82) is 0 Å². The van der Waals surface area contributed by atoms with Crippen molar-refractivity contribution < 1.29 is 14.7 Å². The smallest absolute Gasteiger partial charge is 0.315 e. The van der Waals surface area contributed by atoms with Gasteiger partial charge in [0.05, 0.1) is 11.2 Å². The predicted octanol–water partition coefficient (Wildman–Crippen LogP) is 3.60. The van der Waals surface area contributed by atoms with E-state index in [4.69, 9.17) is 0 Å². The van der Waals surface area contributed by atoms with E-state index in [1.165, 1.54) is 11.3 Å². The van der Waals surface area contributed by atoms with Gasteiger partial charge in [-0.15, -0.1) is 11.3 Å². The molecule has 25 heavy (non-hydrogen) atoms. The van der Waals surface area contributed by atoms with E-state index >= 15 is 0 Å². The summed E-state index contributed by atoms with van der Waals surface area (Å²) >= 11 is 1.28. The molecule has 0 aliphatic rings. The average molecular weight is 360 g/mol. The van der Waals surface area contributed by atoms with Gasteiger partial charge in [0.25, 0.3) is 5.91 Å². The molecule has 0 aliphatic heterocycles. The van der Waals surface area contributed by atoms with Crippen molar-refractivity contribution in [3.63, 3.8) is 0 Å². The number of amides is 1. The number of aromatic nitrogens is 1. The van der Waals surface area contributed by atoms with Gasteiger partial charge in [0, 0.05) is 12.0 Å². The zero-order chi connectivity index (χ0) is 18.7. The minimum absolute atomic E-state index is 0.0309. The van der Waals surface area contributed by atoms with Crippen LogP contribution in [0.5, 0.6) is 0 Å². The molecule has 0 saturated heterocycles. The number of rotatable bonds is 6. The largest absolute Gasteiger partial charge is 0.481 e. The van der Waals surface area contributed by atoms with Gasteiger partial charge in [-0.2, -0.15) is 0 Å². The van der Waals surface area contributed by atoms with E-state index in [-0.39, 0.29) is 17.9 Å². The summed E-state index contributed by atoms with van der Waals surface area (Å²) in [5.74, 6) is -1.22. The first kappa shape index (κ1) is 19.1. The summed E-state index contributed by atoms with van der Waals surface area (Å²) in [6, 6.07) is 9.04. The van der Waals surface area contributed by atoms with Crippen molar-refractivity contribution in [3.05, 3.63) is 52.0 Å². The Balaban J connectivity index is 2.27. The molecule has 1 aromatic carbocycles. The van der Waals surface area contributed by atoms with Crippen molar-refractivity contribution in [2.45, 2.75) is 44.9 Å². The summed E-state index contributed by atoms with van der Waals surface area (Å²) in [4.78, 5) is 29.5. The van der Waals surface area contributed by atoms with Crippen molar-refractivity contribution in [2.75, 3.05) is 6.54 Å². The number of benzene rings is 1. The molecular weight excluding hydrogens is 336 g/mol. The Hall–Kier alpha value is -2.21. The molecule has 0 saturated carbocycles. The van der Waals surface area contributed by atoms with E-state index in [1.807, 2.05) is 45.9 Å². The second kappa shape index (κ2) is 7.35. The molecule has 1 unspecified atom stereocenters. The van der Waals surface area contributed by atoms with Crippen molar-refractivity contribution >= 4 is 23.2 Å². The van der Waals surface area contributed by atoms with Crippen molar-refractivity contribution in [1.82, 2.24) is 10.3 Å². The van der Waals surface area contributed by atoms with Crippen LogP contribution < -0.4 is 5.32 Å². The lowest BCUT2D eigenvalue weighted by atomic mass is 9.78. The standard InChI is InChI=1S/C19H24N2O3S/c1-5-19(17(23)24,13-9-7-6-8-10-13)11-20-16(22)14-15(18(2,3)4)21-12-25-14/h6-10,12H,5,11H2,1-4H3,(H,20,22)(H,23,24). The van der Waals surface area contributed by atoms with Gasteiger partial charge < -0.3 is 10.4 Å². The average Bonchev–Trinajstić information content (AvgIpc) is 3.06. The monoisotopic (exact) mass is 360 g/mol. The van der Waals surface area contributed by atoms with E-state index in [2.05, 4.69) is 10.3 Å². The third kappa shape index (κ3) is 3.90. The number of thiazole rings is 1. The van der Waals surface area contributed by atoms with Gasteiger partial charge in [-0.3, -0.25) is 9.59 Å². The van der Waals surface area contributed by atoms with Crippen LogP contribution >= 0.6 is 11.3 Å². The summed E-state index contributed by atoms with van der Waals surface area (Å²) in [5, 5.41) is 12.7. The van der Waals surface area contributed by atoms with Gasteiger partial charge in [-0.25, -0.2) is 4.98 Å². The Morgan fingerprint density at radius 2 is 1.84 bits per heavy atom. The van der Waals surface area contributed by atoms with Crippen LogP contribution in [0.1, 0.15) is 55.0 Å². The summed E-state index contributed by atoms with van der Waals surface area (Å²) in [6.07, 6.45) is 0.376. The topological polar surface area (TPSA) is 79.3 Å². The quantitative estimate of drug-likeness (QED) is 0.825. The normalized spacial score (nSPS) is 13.9. The molecule has 0 aliphatic carbocycles. The Kier molecular flexibility index (Phi) is 5.62. The molecule has 0 fully saturated rings. The molecule has 134 valence electrons. The zero-order valence-corrected chi connectivity index (χ0v) is 15.8. The zero-order valence-electron chi connectivity index (χ0n) is 15.0. The number of carboxylic acids is 1. The fourth-order valence-corrected chi connectivity index (χ4v) is 3.70. The van der Waals surface area contributed by atoms with E-state index in [1.54, 1.807) is 17.6 Å². The molecule has 0 radical (unpaired) electrons. The van der Waals surface area contributed by atoms with Crippen LogP contribution in [-0.2, 0) is 15.6 Å². The molecular formula is C19H24N2O3S. The van der Waals surface area contributed by atoms with Gasteiger partial charge in [-0.05, 0) is 12.0 Å². The first-order valence-corrected chi connectivity index (χ1v) is 9.11. The molecule has 6 heteroatoms. The number of nitrogens with zero attached hydrogens (tertiary/aromatic N) is 1. The molecule has 2 N–H and O–H groups in total. The number of hydrogen-bond donors (Lipinski definition) is 2. The fraction of sp³-hybridized carbons (Fsp3) is 0.421. The Morgan fingerprint density at radius 1 is 1.20 bits per heavy atom. The van der Waals surface area contributed by atoms with Crippen LogP contribution in [0.2, 0.25) is 0 Å². The SMILES string of the molecule is CCC(CNC(=O)c1scnc1C(C)(C)C)(C(=O)O)c1ccccc1. The highest BCUT2D eigenvalue weighted by Crippen LogP contribution is 2.30. The fourth-order valence-electron chi connectivity index (χ4n) is 2.79. The minimum atomic E-state index is -1.15. The second-order valence-electron chi connectivity index (χ2n) is 7.07. The molecule has 2 rings (SSSR count). The van der Waals surface area contributed by atoms with Crippen molar-refractivity contribution in [2.24, 2.45) is 0 Å². The van der Waals surface area contributed by atoms with Crippen LogP contribution in [0.3, 0.4) is 0 Å². The van der Waals surface area contributed by atoms with Crippen LogP contribution in [0, 0.1) is 0 Å². The summed E-state index contributed by atoms with van der Waals surface area (Å²) in [6.45, 7) is 7.84. The molecule has 1 heterocycles.